The average Bonchev–Trinajstić information content (AvgIpc) is 2.62. The molecule has 1 N–H and O–H groups in total. The predicted molar refractivity (Wildman–Crippen MR) is 88.1 cm³/mol. The van der Waals surface area contributed by atoms with Crippen LogP contribution >= 0.6 is 0 Å². The first kappa shape index (κ1) is 18.1. The zero-order valence-electron chi connectivity index (χ0n) is 13.4. The van der Waals surface area contributed by atoms with Crippen LogP contribution in [0.25, 0.3) is 0 Å². The molecule has 0 aliphatic heterocycles. The van der Waals surface area contributed by atoms with Gasteiger partial charge in [-0.25, -0.2) is 9.18 Å². The van der Waals surface area contributed by atoms with Crippen LogP contribution in [0.5, 0.6) is 0 Å². The summed E-state index contributed by atoms with van der Waals surface area (Å²) in [5, 5.41) is 17.9. The Bertz CT molecular complexity index is 828. The second-order valence-corrected chi connectivity index (χ2v) is 5.08. The number of nitrogens with zero attached hydrogens (tertiary/aromatic N) is 2. The van der Waals surface area contributed by atoms with Crippen LogP contribution in [0.1, 0.15) is 26.3 Å². The zero-order valence-corrected chi connectivity index (χ0v) is 13.4. The lowest BCUT2D eigenvalue weighted by Crippen LogP contribution is -2.35. The maximum atomic E-state index is 14.5. The molecule has 128 valence electrons. The molecule has 0 fully saturated rings. The van der Waals surface area contributed by atoms with Crippen molar-refractivity contribution in [2.45, 2.75) is 0 Å². The summed E-state index contributed by atoms with van der Waals surface area (Å²) in [5.74, 6) is -2.94. The molecule has 2 aromatic rings. The molecule has 0 spiro atoms. The van der Waals surface area contributed by atoms with E-state index < -0.39 is 23.3 Å². The van der Waals surface area contributed by atoms with Crippen molar-refractivity contribution in [2.24, 2.45) is 0 Å². The normalized spacial score (nSPS) is 10.1. The first-order valence-corrected chi connectivity index (χ1v) is 7.32. The number of carboxylic acids is 1. The van der Waals surface area contributed by atoms with Crippen molar-refractivity contribution in [3.63, 3.8) is 0 Å². The third kappa shape index (κ3) is 4.00. The van der Waals surface area contributed by atoms with Crippen LogP contribution in [0.4, 0.5) is 10.1 Å². The zero-order chi connectivity index (χ0) is 18.4. The smallest absolute Gasteiger partial charge is 0.338 e. The Labute approximate surface area is 143 Å². The molecule has 0 unspecified atom stereocenters. The van der Waals surface area contributed by atoms with Gasteiger partial charge in [0, 0.05) is 19.2 Å². The lowest BCUT2D eigenvalue weighted by atomic mass is 10.1. The number of methoxy groups -OCH3 is 1. The number of amides is 1. The van der Waals surface area contributed by atoms with E-state index in [1.165, 1.54) is 43.5 Å². The summed E-state index contributed by atoms with van der Waals surface area (Å²) < 4.78 is 19.5. The van der Waals surface area contributed by atoms with E-state index in [2.05, 4.69) is 0 Å². The summed E-state index contributed by atoms with van der Waals surface area (Å²) in [6.07, 6.45) is 0. The van der Waals surface area contributed by atoms with Gasteiger partial charge in [-0.15, -0.1) is 0 Å². The van der Waals surface area contributed by atoms with E-state index in [1.807, 2.05) is 6.07 Å². The molecule has 1 amide bonds. The molecule has 6 nitrogen and oxygen atoms in total. The van der Waals surface area contributed by atoms with Crippen molar-refractivity contribution in [1.29, 1.82) is 5.26 Å². The molecule has 0 aromatic heterocycles. The van der Waals surface area contributed by atoms with Crippen molar-refractivity contribution in [3.8, 4) is 6.07 Å². The number of halogens is 1. The number of benzene rings is 2. The number of aromatic carboxylic acids is 1. The van der Waals surface area contributed by atoms with Crippen LogP contribution in [0.3, 0.4) is 0 Å². The number of rotatable bonds is 6. The van der Waals surface area contributed by atoms with Crippen LogP contribution in [0, 0.1) is 17.1 Å². The van der Waals surface area contributed by atoms with Crippen molar-refractivity contribution in [1.82, 2.24) is 0 Å². The summed E-state index contributed by atoms with van der Waals surface area (Å²) in [5.41, 5.74) is -0.0341. The number of hydrogen-bond acceptors (Lipinski definition) is 4. The Balaban J connectivity index is 2.45. The van der Waals surface area contributed by atoms with Crippen LogP contribution in [-0.4, -0.2) is 37.2 Å². The summed E-state index contributed by atoms with van der Waals surface area (Å²) in [7, 11) is 1.44. The second-order valence-electron chi connectivity index (χ2n) is 5.08. The van der Waals surface area contributed by atoms with Gasteiger partial charge in [0.25, 0.3) is 5.91 Å². The Morgan fingerprint density at radius 1 is 1.24 bits per heavy atom. The van der Waals surface area contributed by atoms with Crippen LogP contribution < -0.4 is 4.90 Å². The molecule has 0 atom stereocenters. The molecule has 7 heteroatoms. The van der Waals surface area contributed by atoms with E-state index in [0.29, 0.717) is 5.56 Å². The number of nitriles is 1. The molecule has 0 heterocycles. The number of anilines is 1. The standard InChI is InChI=1S/C18H15FN2O4/c1-25-10-9-21(15-4-2-3-14(16(15)19)18(23)24)17(22)13-7-5-12(11-20)6-8-13/h2-8H,9-10H2,1H3,(H,23,24). The molecular weight excluding hydrogens is 327 g/mol. The van der Waals surface area contributed by atoms with Gasteiger partial charge in [-0.05, 0) is 36.4 Å². The Morgan fingerprint density at radius 2 is 1.92 bits per heavy atom. The minimum absolute atomic E-state index is 0.0370. The molecule has 0 saturated heterocycles. The number of carboxylic acid groups (broad SMARTS) is 1. The first-order chi connectivity index (χ1) is 12.0. The van der Waals surface area contributed by atoms with Crippen molar-refractivity contribution >= 4 is 17.6 Å². The van der Waals surface area contributed by atoms with Crippen molar-refractivity contribution in [3.05, 3.63) is 65.0 Å². The molecule has 0 aliphatic rings. The van der Waals surface area contributed by atoms with E-state index in [9.17, 15) is 14.0 Å². The molecule has 2 aromatic carbocycles. The molecule has 0 radical (unpaired) electrons. The molecule has 0 aliphatic carbocycles. The van der Waals surface area contributed by atoms with Gasteiger partial charge in [-0.1, -0.05) is 6.07 Å². The highest BCUT2D eigenvalue weighted by molar-refractivity contribution is 6.06. The van der Waals surface area contributed by atoms with E-state index in [1.54, 1.807) is 0 Å². The van der Waals surface area contributed by atoms with Crippen LogP contribution in [0.2, 0.25) is 0 Å². The molecule has 0 saturated carbocycles. The van der Waals surface area contributed by atoms with Gasteiger partial charge < -0.3 is 14.7 Å². The lowest BCUT2D eigenvalue weighted by Gasteiger charge is -2.23. The molecular formula is C18H15FN2O4. The van der Waals surface area contributed by atoms with Crippen LogP contribution in [0.15, 0.2) is 42.5 Å². The van der Waals surface area contributed by atoms with Gasteiger partial charge in [0.1, 0.15) is 0 Å². The summed E-state index contributed by atoms with van der Waals surface area (Å²) in [6, 6.07) is 11.6. The number of hydrogen-bond donors (Lipinski definition) is 1. The van der Waals surface area contributed by atoms with Crippen molar-refractivity contribution in [2.75, 3.05) is 25.2 Å². The SMILES string of the molecule is COCCN(C(=O)c1ccc(C#N)cc1)c1cccc(C(=O)O)c1F. The van der Waals surface area contributed by atoms with E-state index in [0.717, 1.165) is 11.0 Å². The predicted octanol–water partition coefficient (Wildman–Crippen LogP) is 2.69. The quantitative estimate of drug-likeness (QED) is 0.871. The fourth-order valence-electron chi connectivity index (χ4n) is 2.25. The fourth-order valence-corrected chi connectivity index (χ4v) is 2.25. The first-order valence-electron chi connectivity index (χ1n) is 7.32. The Morgan fingerprint density at radius 3 is 2.48 bits per heavy atom. The minimum atomic E-state index is -1.42. The van der Waals surface area contributed by atoms with Gasteiger partial charge in [0.05, 0.1) is 29.5 Å². The van der Waals surface area contributed by atoms with Crippen LogP contribution in [-0.2, 0) is 4.74 Å². The van der Waals surface area contributed by atoms with Gasteiger partial charge in [0.2, 0.25) is 0 Å². The van der Waals surface area contributed by atoms with E-state index >= 15 is 0 Å². The summed E-state index contributed by atoms with van der Waals surface area (Å²) in [6.45, 7) is 0.175. The molecule has 2 rings (SSSR count). The number of ether oxygens (including phenoxy) is 1. The summed E-state index contributed by atoms with van der Waals surface area (Å²) in [4.78, 5) is 25.0. The molecule has 25 heavy (non-hydrogen) atoms. The van der Waals surface area contributed by atoms with Gasteiger partial charge in [0.15, 0.2) is 5.82 Å². The maximum absolute atomic E-state index is 14.5. The molecule has 0 bridgehead atoms. The average molecular weight is 342 g/mol. The van der Waals surface area contributed by atoms with Gasteiger partial charge in [-0.3, -0.25) is 4.79 Å². The Kier molecular flexibility index (Phi) is 5.82. The minimum Gasteiger partial charge on any atom is -0.478 e. The summed E-state index contributed by atoms with van der Waals surface area (Å²) >= 11 is 0. The lowest BCUT2D eigenvalue weighted by molar-refractivity contribution is 0.0691. The highest BCUT2D eigenvalue weighted by Crippen LogP contribution is 2.24. The second kappa shape index (κ2) is 8.04. The largest absolute Gasteiger partial charge is 0.478 e. The number of carbonyl (C=O) groups excluding carboxylic acids is 1. The van der Waals surface area contributed by atoms with Gasteiger partial charge in [-0.2, -0.15) is 5.26 Å². The Hall–Kier alpha value is -3.24. The highest BCUT2D eigenvalue weighted by atomic mass is 19.1. The third-order valence-corrected chi connectivity index (χ3v) is 3.52. The van der Waals surface area contributed by atoms with E-state index in [-0.39, 0.29) is 24.4 Å². The maximum Gasteiger partial charge on any atom is 0.338 e. The topological polar surface area (TPSA) is 90.6 Å². The third-order valence-electron chi connectivity index (χ3n) is 3.52. The van der Waals surface area contributed by atoms with Gasteiger partial charge >= 0.3 is 5.97 Å². The number of carbonyl (C=O) groups is 2. The van der Waals surface area contributed by atoms with E-state index in [4.69, 9.17) is 15.1 Å². The fraction of sp³-hybridized carbons (Fsp3) is 0.167. The highest BCUT2D eigenvalue weighted by Gasteiger charge is 2.23. The monoisotopic (exact) mass is 342 g/mol. The van der Waals surface area contributed by atoms with Crippen molar-refractivity contribution < 1.29 is 23.8 Å².